The van der Waals surface area contributed by atoms with Gasteiger partial charge in [0.25, 0.3) is 0 Å². The quantitative estimate of drug-likeness (QED) is 0.0344. The highest BCUT2D eigenvalue weighted by atomic mass is 16.6. The molecule has 0 saturated heterocycles. The summed E-state index contributed by atoms with van der Waals surface area (Å²) in [5, 5.41) is 0. The van der Waals surface area contributed by atoms with Gasteiger partial charge in [0.05, 0.1) is 0 Å². The number of unbranched alkanes of at least 4 members (excludes halogenated alkanes) is 40. The normalized spacial score (nSPS) is 11.9. The van der Waals surface area contributed by atoms with Crippen LogP contribution in [0.15, 0.2) is 0 Å². The molecule has 0 amide bonds. The average Bonchev–Trinajstić information content (AvgIpc) is 3.26. The SMILES string of the molecule is CCCCCCCCCCCCCCCCCCCCCCCCC(=O)OCC(COC(=O)CCCCCCCCCCC)OC(=O)CCCCCCCCCCCCCC. The first-order valence-electron chi connectivity index (χ1n) is 27.5. The van der Waals surface area contributed by atoms with Crippen LogP contribution < -0.4 is 0 Å². The summed E-state index contributed by atoms with van der Waals surface area (Å²) >= 11 is 0. The van der Waals surface area contributed by atoms with Crippen molar-refractivity contribution in [3.05, 3.63) is 0 Å². The zero-order valence-electron chi connectivity index (χ0n) is 41.5. The van der Waals surface area contributed by atoms with E-state index in [0.29, 0.717) is 19.3 Å². The van der Waals surface area contributed by atoms with E-state index in [1.54, 1.807) is 0 Å². The number of hydrogen-bond acceptors (Lipinski definition) is 6. The third-order valence-corrected chi connectivity index (χ3v) is 12.6. The third kappa shape index (κ3) is 49.3. The highest BCUT2D eigenvalue weighted by Gasteiger charge is 2.19. The minimum Gasteiger partial charge on any atom is -0.462 e. The van der Waals surface area contributed by atoms with Crippen LogP contribution in [0.2, 0.25) is 0 Å². The van der Waals surface area contributed by atoms with Gasteiger partial charge in [-0.3, -0.25) is 14.4 Å². The molecule has 0 rings (SSSR count). The summed E-state index contributed by atoms with van der Waals surface area (Å²) in [6.07, 6.45) is 55.3. The van der Waals surface area contributed by atoms with Crippen LogP contribution in [0, 0.1) is 0 Å². The number of carbonyl (C=O) groups is 3. The van der Waals surface area contributed by atoms with Gasteiger partial charge in [-0.05, 0) is 19.3 Å². The summed E-state index contributed by atoms with van der Waals surface area (Å²) in [5.74, 6) is -0.843. The lowest BCUT2D eigenvalue weighted by Crippen LogP contribution is -2.30. The molecule has 0 saturated carbocycles. The van der Waals surface area contributed by atoms with Crippen molar-refractivity contribution in [2.75, 3.05) is 13.2 Å². The fourth-order valence-electron chi connectivity index (χ4n) is 8.45. The van der Waals surface area contributed by atoms with E-state index in [4.69, 9.17) is 14.2 Å². The zero-order chi connectivity index (χ0) is 44.4. The van der Waals surface area contributed by atoms with E-state index in [1.807, 2.05) is 0 Å². The second kappa shape index (κ2) is 51.0. The number of rotatable bonds is 51. The van der Waals surface area contributed by atoms with Gasteiger partial charge in [0, 0.05) is 19.3 Å². The first-order chi connectivity index (χ1) is 30.0. The van der Waals surface area contributed by atoms with Gasteiger partial charge >= 0.3 is 17.9 Å². The molecule has 0 bridgehead atoms. The van der Waals surface area contributed by atoms with Crippen molar-refractivity contribution in [1.29, 1.82) is 0 Å². The molecule has 0 aromatic heterocycles. The number of ether oxygens (including phenoxy) is 3. The molecule has 0 fully saturated rings. The highest BCUT2D eigenvalue weighted by Crippen LogP contribution is 2.17. The molecule has 0 aliphatic heterocycles. The summed E-state index contributed by atoms with van der Waals surface area (Å²) in [4.78, 5) is 37.9. The topological polar surface area (TPSA) is 78.9 Å². The second-order valence-corrected chi connectivity index (χ2v) is 18.9. The molecular weight excluding hydrogens is 757 g/mol. The summed E-state index contributed by atoms with van der Waals surface area (Å²) < 4.78 is 16.8. The largest absolute Gasteiger partial charge is 0.462 e. The molecule has 0 aliphatic carbocycles. The average molecular weight is 863 g/mol. The molecule has 362 valence electrons. The lowest BCUT2D eigenvalue weighted by atomic mass is 10.0. The Bertz CT molecular complexity index is 905. The second-order valence-electron chi connectivity index (χ2n) is 18.9. The molecule has 0 aromatic carbocycles. The molecule has 0 N–H and O–H groups in total. The van der Waals surface area contributed by atoms with E-state index in [1.165, 1.54) is 218 Å². The van der Waals surface area contributed by atoms with Crippen LogP contribution in [0.5, 0.6) is 0 Å². The Kier molecular flexibility index (Phi) is 49.7. The predicted molar refractivity (Wildman–Crippen MR) is 261 cm³/mol. The Labute approximate surface area is 380 Å². The molecule has 0 aromatic rings. The first kappa shape index (κ1) is 59.4. The van der Waals surface area contributed by atoms with Crippen molar-refractivity contribution in [2.24, 2.45) is 0 Å². The molecule has 6 nitrogen and oxygen atoms in total. The van der Waals surface area contributed by atoms with Gasteiger partial charge in [0.15, 0.2) is 6.10 Å². The van der Waals surface area contributed by atoms with Crippen molar-refractivity contribution >= 4 is 17.9 Å². The van der Waals surface area contributed by atoms with Crippen LogP contribution in [-0.2, 0) is 28.6 Å². The minimum absolute atomic E-state index is 0.0619. The summed E-state index contributed by atoms with van der Waals surface area (Å²) in [6.45, 7) is 6.67. The molecule has 6 heteroatoms. The Hall–Kier alpha value is -1.59. The standard InChI is InChI=1S/C55H106O6/c1-4-7-10-13-16-19-21-23-24-25-26-27-28-29-30-31-32-34-36-39-42-45-48-54(57)60-51-52(50-59-53(56)47-44-41-38-35-18-15-12-9-6-3)61-55(58)49-46-43-40-37-33-22-20-17-14-11-8-5-2/h52H,4-51H2,1-3H3. The molecule has 1 atom stereocenters. The van der Waals surface area contributed by atoms with E-state index >= 15 is 0 Å². The van der Waals surface area contributed by atoms with E-state index in [0.717, 1.165) is 57.8 Å². The summed E-state index contributed by atoms with van der Waals surface area (Å²) in [7, 11) is 0. The first-order valence-corrected chi connectivity index (χ1v) is 27.5. The lowest BCUT2D eigenvalue weighted by molar-refractivity contribution is -0.167. The van der Waals surface area contributed by atoms with Gasteiger partial charge in [-0.25, -0.2) is 0 Å². The number of carbonyl (C=O) groups excluding carboxylic acids is 3. The van der Waals surface area contributed by atoms with Gasteiger partial charge in [-0.2, -0.15) is 0 Å². The maximum Gasteiger partial charge on any atom is 0.306 e. The van der Waals surface area contributed by atoms with E-state index < -0.39 is 6.10 Å². The Morgan fingerprint density at radius 2 is 0.443 bits per heavy atom. The van der Waals surface area contributed by atoms with Crippen LogP contribution in [0.3, 0.4) is 0 Å². The third-order valence-electron chi connectivity index (χ3n) is 12.6. The van der Waals surface area contributed by atoms with Gasteiger partial charge < -0.3 is 14.2 Å². The van der Waals surface area contributed by atoms with Crippen molar-refractivity contribution < 1.29 is 28.6 Å². The number of hydrogen-bond donors (Lipinski definition) is 0. The molecule has 0 aliphatic rings. The van der Waals surface area contributed by atoms with Crippen LogP contribution in [0.25, 0.3) is 0 Å². The van der Waals surface area contributed by atoms with Crippen LogP contribution >= 0.6 is 0 Å². The van der Waals surface area contributed by atoms with Crippen LogP contribution in [0.4, 0.5) is 0 Å². The number of esters is 3. The maximum atomic E-state index is 12.8. The van der Waals surface area contributed by atoms with Crippen molar-refractivity contribution in [1.82, 2.24) is 0 Å². The summed E-state index contributed by atoms with van der Waals surface area (Å²) in [5.41, 5.74) is 0. The molecule has 61 heavy (non-hydrogen) atoms. The fraction of sp³-hybridized carbons (Fsp3) is 0.945. The van der Waals surface area contributed by atoms with Gasteiger partial charge in [-0.15, -0.1) is 0 Å². The Morgan fingerprint density at radius 3 is 0.656 bits per heavy atom. The van der Waals surface area contributed by atoms with Gasteiger partial charge in [0.1, 0.15) is 13.2 Å². The van der Waals surface area contributed by atoms with E-state index in [9.17, 15) is 14.4 Å². The molecule has 0 heterocycles. The van der Waals surface area contributed by atoms with Crippen molar-refractivity contribution in [3.8, 4) is 0 Å². The Balaban J connectivity index is 4.13. The fourth-order valence-corrected chi connectivity index (χ4v) is 8.45. The Morgan fingerprint density at radius 1 is 0.262 bits per heavy atom. The van der Waals surface area contributed by atoms with E-state index in [-0.39, 0.29) is 31.1 Å². The monoisotopic (exact) mass is 863 g/mol. The van der Waals surface area contributed by atoms with Gasteiger partial charge in [0.2, 0.25) is 0 Å². The summed E-state index contributed by atoms with van der Waals surface area (Å²) in [6, 6.07) is 0. The van der Waals surface area contributed by atoms with Crippen molar-refractivity contribution in [3.63, 3.8) is 0 Å². The van der Waals surface area contributed by atoms with Gasteiger partial charge in [-0.1, -0.05) is 278 Å². The smallest absolute Gasteiger partial charge is 0.306 e. The maximum absolute atomic E-state index is 12.8. The molecular formula is C55H106O6. The highest BCUT2D eigenvalue weighted by molar-refractivity contribution is 5.71. The molecule has 1 unspecified atom stereocenters. The molecule has 0 spiro atoms. The van der Waals surface area contributed by atoms with Crippen LogP contribution in [-0.4, -0.2) is 37.2 Å². The molecule has 0 radical (unpaired) electrons. The van der Waals surface area contributed by atoms with E-state index in [2.05, 4.69) is 20.8 Å². The minimum atomic E-state index is -0.759. The lowest BCUT2D eigenvalue weighted by Gasteiger charge is -2.18. The van der Waals surface area contributed by atoms with Crippen molar-refractivity contribution in [2.45, 2.75) is 322 Å². The predicted octanol–water partition coefficient (Wildman–Crippen LogP) is 18.0. The van der Waals surface area contributed by atoms with Crippen LogP contribution in [0.1, 0.15) is 316 Å². The zero-order valence-corrected chi connectivity index (χ0v) is 41.5.